The van der Waals surface area contributed by atoms with E-state index in [1.165, 1.54) is 0 Å². The maximum absolute atomic E-state index is 10.0. The summed E-state index contributed by atoms with van der Waals surface area (Å²) in [4.78, 5) is 9.99. The van der Waals surface area contributed by atoms with Crippen molar-refractivity contribution in [2.45, 2.75) is 24.5 Å². The molecule has 102 valence electrons. The summed E-state index contributed by atoms with van der Waals surface area (Å²) in [6.07, 6.45) is 3.30. The number of allylic oxidation sites excluding steroid dienone is 2. The lowest BCUT2D eigenvalue weighted by atomic mass is 10.1. The van der Waals surface area contributed by atoms with E-state index in [2.05, 4.69) is 9.98 Å². The SMILES string of the molecule is OC[C@H]1O[C@@H](N2C=CC=C3C=NCN=C32)[C@H](O)[C@@H]1O. The molecule has 3 heterocycles. The first kappa shape index (κ1) is 12.5. The molecule has 19 heavy (non-hydrogen) atoms. The van der Waals surface area contributed by atoms with Gasteiger partial charge in [-0.05, 0) is 12.2 Å². The van der Waals surface area contributed by atoms with Crippen LogP contribution in [0.25, 0.3) is 0 Å². The van der Waals surface area contributed by atoms with Crippen molar-refractivity contribution in [1.82, 2.24) is 4.90 Å². The molecule has 7 nitrogen and oxygen atoms in total. The van der Waals surface area contributed by atoms with Gasteiger partial charge in [0.25, 0.3) is 0 Å². The Hall–Kier alpha value is -1.54. The number of hydrogen-bond donors (Lipinski definition) is 3. The van der Waals surface area contributed by atoms with Crippen LogP contribution in [0.2, 0.25) is 0 Å². The molecule has 7 heteroatoms. The van der Waals surface area contributed by atoms with Gasteiger partial charge in [0.1, 0.15) is 30.8 Å². The van der Waals surface area contributed by atoms with E-state index < -0.39 is 24.5 Å². The number of ether oxygens (including phenoxy) is 1. The lowest BCUT2D eigenvalue weighted by Gasteiger charge is -2.32. The van der Waals surface area contributed by atoms with Gasteiger partial charge in [-0.15, -0.1) is 0 Å². The fourth-order valence-electron chi connectivity index (χ4n) is 2.37. The molecule has 0 aromatic carbocycles. The van der Waals surface area contributed by atoms with E-state index in [-0.39, 0.29) is 6.61 Å². The third kappa shape index (κ3) is 2.00. The van der Waals surface area contributed by atoms with E-state index >= 15 is 0 Å². The van der Waals surface area contributed by atoms with Crippen molar-refractivity contribution in [3.63, 3.8) is 0 Å². The van der Waals surface area contributed by atoms with Crippen molar-refractivity contribution in [2.24, 2.45) is 9.98 Å². The van der Waals surface area contributed by atoms with E-state index in [0.29, 0.717) is 12.5 Å². The first-order chi connectivity index (χ1) is 9.22. The molecular weight excluding hydrogens is 250 g/mol. The molecule has 0 radical (unpaired) electrons. The highest BCUT2D eigenvalue weighted by molar-refractivity contribution is 6.17. The molecule has 0 amide bonds. The van der Waals surface area contributed by atoms with Crippen molar-refractivity contribution in [3.05, 3.63) is 23.9 Å². The highest BCUT2D eigenvalue weighted by Gasteiger charge is 2.46. The Morgan fingerprint density at radius 1 is 1.37 bits per heavy atom. The lowest BCUT2D eigenvalue weighted by Crippen LogP contribution is -2.46. The zero-order chi connectivity index (χ0) is 13.4. The van der Waals surface area contributed by atoms with E-state index in [0.717, 1.165) is 5.57 Å². The van der Waals surface area contributed by atoms with Crippen LogP contribution in [0.3, 0.4) is 0 Å². The summed E-state index contributed by atoms with van der Waals surface area (Å²) in [5, 5.41) is 28.9. The summed E-state index contributed by atoms with van der Waals surface area (Å²) in [7, 11) is 0. The number of rotatable bonds is 2. The molecule has 0 unspecified atom stereocenters. The van der Waals surface area contributed by atoms with Crippen LogP contribution in [0.4, 0.5) is 0 Å². The molecule has 3 rings (SSSR count). The number of aliphatic hydroxyl groups is 3. The molecule has 1 fully saturated rings. The Bertz CT molecular complexity index is 485. The third-order valence-corrected chi connectivity index (χ3v) is 3.35. The van der Waals surface area contributed by atoms with Crippen LogP contribution in [0.5, 0.6) is 0 Å². The fraction of sp³-hybridized carbons (Fsp3) is 0.500. The van der Waals surface area contributed by atoms with Crippen molar-refractivity contribution >= 4 is 12.1 Å². The second-order valence-electron chi connectivity index (χ2n) is 4.53. The monoisotopic (exact) mass is 265 g/mol. The Labute approximate surface area is 109 Å². The predicted molar refractivity (Wildman–Crippen MR) is 67.6 cm³/mol. The minimum Gasteiger partial charge on any atom is -0.394 e. The Morgan fingerprint density at radius 3 is 2.95 bits per heavy atom. The maximum Gasteiger partial charge on any atom is 0.164 e. The predicted octanol–water partition coefficient (Wildman–Crippen LogP) is -1.38. The summed E-state index contributed by atoms with van der Waals surface area (Å²) >= 11 is 0. The molecule has 0 saturated carbocycles. The zero-order valence-electron chi connectivity index (χ0n) is 10.1. The summed E-state index contributed by atoms with van der Waals surface area (Å²) < 4.78 is 5.50. The van der Waals surface area contributed by atoms with Gasteiger partial charge >= 0.3 is 0 Å². The number of hydrogen-bond acceptors (Lipinski definition) is 7. The third-order valence-electron chi connectivity index (χ3n) is 3.35. The summed E-state index contributed by atoms with van der Waals surface area (Å²) in [6, 6.07) is 0. The van der Waals surface area contributed by atoms with E-state index in [1.54, 1.807) is 23.4 Å². The van der Waals surface area contributed by atoms with Gasteiger partial charge in [-0.25, -0.2) is 4.99 Å². The van der Waals surface area contributed by atoms with E-state index in [9.17, 15) is 10.2 Å². The van der Waals surface area contributed by atoms with Gasteiger partial charge in [0.15, 0.2) is 6.23 Å². The molecule has 0 aromatic rings. The smallest absolute Gasteiger partial charge is 0.164 e. The van der Waals surface area contributed by atoms with Crippen molar-refractivity contribution in [3.8, 4) is 0 Å². The average molecular weight is 265 g/mol. The summed E-state index contributed by atoms with van der Waals surface area (Å²) in [5.74, 6) is 0.646. The van der Waals surface area contributed by atoms with Crippen LogP contribution < -0.4 is 0 Å². The van der Waals surface area contributed by atoms with E-state index in [4.69, 9.17) is 9.84 Å². The fourth-order valence-corrected chi connectivity index (χ4v) is 2.37. The molecule has 0 aliphatic carbocycles. The van der Waals surface area contributed by atoms with E-state index in [1.807, 2.05) is 6.08 Å². The van der Waals surface area contributed by atoms with Gasteiger partial charge in [0.05, 0.1) is 6.61 Å². The molecule has 0 aromatic heterocycles. The van der Waals surface area contributed by atoms with Crippen LogP contribution in [-0.4, -0.2) is 70.1 Å². The molecular formula is C12H15N3O4. The summed E-state index contributed by atoms with van der Waals surface area (Å²) in [5.41, 5.74) is 0.825. The zero-order valence-corrected chi connectivity index (χ0v) is 10.1. The topological polar surface area (TPSA) is 97.9 Å². The van der Waals surface area contributed by atoms with Gasteiger partial charge in [-0.3, -0.25) is 4.99 Å². The first-order valence-electron chi connectivity index (χ1n) is 6.06. The quantitative estimate of drug-likeness (QED) is 0.572. The Balaban J connectivity index is 1.85. The molecule has 3 N–H and O–H groups in total. The highest BCUT2D eigenvalue weighted by Crippen LogP contribution is 2.27. The normalized spacial score (nSPS) is 37.1. The van der Waals surface area contributed by atoms with Crippen LogP contribution in [0.15, 0.2) is 33.9 Å². The van der Waals surface area contributed by atoms with Gasteiger partial charge in [-0.1, -0.05) is 0 Å². The number of amidine groups is 1. The van der Waals surface area contributed by atoms with Gasteiger partial charge in [0.2, 0.25) is 0 Å². The Morgan fingerprint density at radius 2 is 2.21 bits per heavy atom. The summed E-state index contributed by atoms with van der Waals surface area (Å²) in [6.45, 7) is -0.0191. The minimum absolute atomic E-state index is 0.325. The molecule has 1 saturated heterocycles. The lowest BCUT2D eigenvalue weighted by molar-refractivity contribution is -0.0584. The molecule has 4 atom stereocenters. The first-order valence-corrected chi connectivity index (χ1v) is 6.06. The standard InChI is InChI=1S/C12H15N3O4/c16-5-8-9(17)10(18)12(19-8)15-3-1-2-7-4-13-6-14-11(7)15/h1-4,8-10,12,16-18H,5-6H2/t8-,9-,10-,12-/m1/s1. The number of fused-ring (bicyclic) bond motifs is 1. The number of aliphatic imine (C=N–C) groups is 2. The molecule has 0 bridgehead atoms. The Kier molecular flexibility index (Phi) is 3.19. The van der Waals surface area contributed by atoms with Crippen molar-refractivity contribution in [1.29, 1.82) is 0 Å². The van der Waals surface area contributed by atoms with Crippen LogP contribution in [0.1, 0.15) is 0 Å². The highest BCUT2D eigenvalue weighted by atomic mass is 16.6. The van der Waals surface area contributed by atoms with Gasteiger partial charge < -0.3 is 25.0 Å². The molecule has 3 aliphatic heterocycles. The van der Waals surface area contributed by atoms with Crippen molar-refractivity contribution < 1.29 is 20.1 Å². The molecule has 3 aliphatic rings. The number of nitrogens with zero attached hydrogens (tertiary/aromatic N) is 3. The second-order valence-corrected chi connectivity index (χ2v) is 4.53. The van der Waals surface area contributed by atoms with Crippen LogP contribution >= 0.6 is 0 Å². The molecule has 0 spiro atoms. The van der Waals surface area contributed by atoms with Crippen LogP contribution in [-0.2, 0) is 4.74 Å². The number of aliphatic hydroxyl groups excluding tert-OH is 3. The van der Waals surface area contributed by atoms with Gasteiger partial charge in [-0.2, -0.15) is 0 Å². The minimum atomic E-state index is -1.12. The largest absolute Gasteiger partial charge is 0.394 e. The second kappa shape index (κ2) is 4.86. The maximum atomic E-state index is 10.0. The van der Waals surface area contributed by atoms with Crippen molar-refractivity contribution in [2.75, 3.05) is 13.3 Å². The van der Waals surface area contributed by atoms with Gasteiger partial charge in [0, 0.05) is 18.0 Å². The van der Waals surface area contributed by atoms with Crippen LogP contribution in [0, 0.1) is 0 Å². The average Bonchev–Trinajstić information content (AvgIpc) is 2.74.